The lowest BCUT2D eigenvalue weighted by Gasteiger charge is -2.22. The fourth-order valence-corrected chi connectivity index (χ4v) is 4.76. The number of benzene rings is 2. The van der Waals surface area contributed by atoms with Gasteiger partial charge in [0.05, 0.1) is 23.0 Å². The Morgan fingerprint density at radius 1 is 1.09 bits per heavy atom. The van der Waals surface area contributed by atoms with Gasteiger partial charge >= 0.3 is 0 Å². The second-order valence-corrected chi connectivity index (χ2v) is 8.92. The summed E-state index contributed by atoms with van der Waals surface area (Å²) in [5.74, 6) is 0.136. The summed E-state index contributed by atoms with van der Waals surface area (Å²) in [6.45, 7) is 1.42. The molecule has 0 bridgehead atoms. The fraction of sp³-hybridized carbons (Fsp3) is 0.308. The highest BCUT2D eigenvalue weighted by atomic mass is 16.2. The summed E-state index contributed by atoms with van der Waals surface area (Å²) < 4.78 is 1.58. The van der Waals surface area contributed by atoms with Crippen molar-refractivity contribution in [3.63, 3.8) is 0 Å². The van der Waals surface area contributed by atoms with Gasteiger partial charge in [0, 0.05) is 31.7 Å². The lowest BCUT2D eigenvalue weighted by Crippen LogP contribution is -2.33. The maximum Gasteiger partial charge on any atom is 0.276 e. The van der Waals surface area contributed by atoms with E-state index in [0.717, 1.165) is 31.2 Å². The number of H-pyrrole nitrogens is 1. The minimum Gasteiger partial charge on any atom is -0.339 e. The van der Waals surface area contributed by atoms with Gasteiger partial charge in [-0.05, 0) is 61.4 Å². The van der Waals surface area contributed by atoms with Crippen molar-refractivity contribution in [3.05, 3.63) is 77.7 Å². The Labute approximate surface area is 198 Å². The summed E-state index contributed by atoms with van der Waals surface area (Å²) in [6.07, 6.45) is 7.58. The maximum absolute atomic E-state index is 13.4. The van der Waals surface area contributed by atoms with Crippen LogP contribution in [0.15, 0.2) is 60.9 Å². The molecule has 3 heterocycles. The van der Waals surface area contributed by atoms with Gasteiger partial charge in [-0.15, -0.1) is 0 Å². The van der Waals surface area contributed by atoms with E-state index in [0.29, 0.717) is 36.0 Å². The van der Waals surface area contributed by atoms with Gasteiger partial charge in [-0.1, -0.05) is 24.3 Å². The molecule has 1 atom stereocenters. The van der Waals surface area contributed by atoms with Crippen molar-refractivity contribution in [2.24, 2.45) is 13.0 Å². The Bertz CT molecular complexity index is 1320. The molecule has 0 radical (unpaired) electrons. The van der Waals surface area contributed by atoms with Crippen LogP contribution in [0.5, 0.6) is 0 Å². The number of aromatic nitrogens is 4. The first-order valence-corrected chi connectivity index (χ1v) is 11.7. The summed E-state index contributed by atoms with van der Waals surface area (Å²) in [5.41, 5.74) is 3.70. The van der Waals surface area contributed by atoms with Crippen LogP contribution in [0, 0.1) is 5.92 Å². The van der Waals surface area contributed by atoms with E-state index in [2.05, 4.69) is 32.7 Å². The topological polar surface area (TPSA) is 95.9 Å². The van der Waals surface area contributed by atoms with Crippen LogP contribution < -0.4 is 5.32 Å². The number of aromatic amines is 1. The summed E-state index contributed by atoms with van der Waals surface area (Å²) in [6, 6.07) is 15.1. The van der Waals surface area contributed by atoms with Crippen LogP contribution in [0.4, 0.5) is 5.69 Å². The van der Waals surface area contributed by atoms with E-state index in [1.54, 1.807) is 36.1 Å². The quantitative estimate of drug-likeness (QED) is 0.474. The van der Waals surface area contributed by atoms with Crippen LogP contribution in [-0.4, -0.2) is 49.8 Å². The Balaban J connectivity index is 1.26. The molecule has 34 heavy (non-hydrogen) atoms. The molecule has 1 fully saturated rings. The van der Waals surface area contributed by atoms with Crippen molar-refractivity contribution in [1.82, 2.24) is 24.9 Å². The first-order valence-electron chi connectivity index (χ1n) is 11.7. The van der Waals surface area contributed by atoms with Gasteiger partial charge in [-0.2, -0.15) is 10.2 Å². The lowest BCUT2D eigenvalue weighted by molar-refractivity contribution is 0.0761. The van der Waals surface area contributed by atoms with Gasteiger partial charge in [-0.25, -0.2) is 0 Å². The number of likely N-dealkylation sites (tertiary alicyclic amines) is 1. The molecule has 4 aromatic rings. The number of nitrogens with zero attached hydrogens (tertiary/aromatic N) is 4. The van der Waals surface area contributed by atoms with Crippen LogP contribution >= 0.6 is 0 Å². The van der Waals surface area contributed by atoms with Crippen LogP contribution in [0.2, 0.25) is 0 Å². The molecule has 0 unspecified atom stereocenters. The molecule has 2 aromatic heterocycles. The third kappa shape index (κ3) is 4.57. The molecule has 1 aliphatic rings. The third-order valence-electron chi connectivity index (χ3n) is 6.57. The summed E-state index contributed by atoms with van der Waals surface area (Å²) in [5, 5.41) is 15.4. The SMILES string of the molecule is Cn1ccc(C(=O)Nc2ccccc2C(=O)N2CCC[C@@H](Cc3cccc4[nH]ncc34)CC2)n1. The third-order valence-corrected chi connectivity index (χ3v) is 6.57. The zero-order valence-corrected chi connectivity index (χ0v) is 19.2. The summed E-state index contributed by atoms with van der Waals surface area (Å²) in [7, 11) is 1.76. The second-order valence-electron chi connectivity index (χ2n) is 8.92. The first-order chi connectivity index (χ1) is 16.6. The van der Waals surface area contributed by atoms with Crippen molar-refractivity contribution in [3.8, 4) is 0 Å². The molecule has 0 aliphatic carbocycles. The van der Waals surface area contributed by atoms with Crippen molar-refractivity contribution in [1.29, 1.82) is 0 Å². The predicted octanol–water partition coefficient (Wildman–Crippen LogP) is 4.03. The van der Waals surface area contributed by atoms with Crippen LogP contribution in [-0.2, 0) is 13.5 Å². The lowest BCUT2D eigenvalue weighted by atomic mass is 9.91. The van der Waals surface area contributed by atoms with E-state index in [4.69, 9.17) is 0 Å². The number of hydrogen-bond donors (Lipinski definition) is 2. The standard InChI is InChI=1S/C26H28N6O2/c1-31-14-12-24(30-31)25(33)28-22-9-3-2-8-20(22)26(34)32-13-5-6-18(11-15-32)16-19-7-4-10-23-21(19)17-27-29-23/h2-4,7-10,12,14,17-18H,5-6,11,13,15-16H2,1H3,(H,27,29)(H,28,33)/t18-/m1/s1. The number of amides is 2. The van der Waals surface area contributed by atoms with Crippen LogP contribution in [0.3, 0.4) is 0 Å². The van der Waals surface area contributed by atoms with Gasteiger partial charge in [0.25, 0.3) is 11.8 Å². The fourth-order valence-electron chi connectivity index (χ4n) is 4.76. The van der Waals surface area contributed by atoms with E-state index in [9.17, 15) is 9.59 Å². The molecule has 2 amide bonds. The zero-order chi connectivity index (χ0) is 23.5. The van der Waals surface area contributed by atoms with Gasteiger partial charge in [0.2, 0.25) is 0 Å². The van der Waals surface area contributed by atoms with Gasteiger partial charge in [-0.3, -0.25) is 19.4 Å². The smallest absolute Gasteiger partial charge is 0.276 e. The van der Waals surface area contributed by atoms with Crippen molar-refractivity contribution in [2.75, 3.05) is 18.4 Å². The minimum atomic E-state index is -0.329. The Kier molecular flexibility index (Phi) is 6.12. The largest absolute Gasteiger partial charge is 0.339 e. The normalized spacial score (nSPS) is 16.4. The average Bonchev–Trinajstić information content (AvgIpc) is 3.44. The number of nitrogens with one attached hydrogen (secondary N) is 2. The number of rotatable bonds is 5. The molecule has 0 saturated carbocycles. The molecule has 8 nitrogen and oxygen atoms in total. The van der Waals surface area contributed by atoms with E-state index in [1.807, 2.05) is 29.3 Å². The average molecular weight is 457 g/mol. The number of carbonyl (C=O) groups excluding carboxylic acids is 2. The molecular formula is C26H28N6O2. The Morgan fingerprint density at radius 2 is 1.97 bits per heavy atom. The zero-order valence-electron chi connectivity index (χ0n) is 19.2. The van der Waals surface area contributed by atoms with E-state index < -0.39 is 0 Å². The number of hydrogen-bond acceptors (Lipinski definition) is 4. The molecule has 5 rings (SSSR count). The van der Waals surface area contributed by atoms with Gasteiger partial charge in [0.15, 0.2) is 5.69 Å². The second kappa shape index (κ2) is 9.51. The van der Waals surface area contributed by atoms with E-state index in [-0.39, 0.29) is 11.8 Å². The molecule has 2 aromatic carbocycles. The number of anilines is 1. The van der Waals surface area contributed by atoms with E-state index >= 15 is 0 Å². The molecule has 8 heteroatoms. The van der Waals surface area contributed by atoms with Crippen molar-refractivity contribution in [2.45, 2.75) is 25.7 Å². The Hall–Kier alpha value is -3.94. The highest BCUT2D eigenvalue weighted by molar-refractivity contribution is 6.08. The molecule has 1 saturated heterocycles. The molecule has 0 spiro atoms. The summed E-state index contributed by atoms with van der Waals surface area (Å²) in [4.78, 5) is 28.0. The molecule has 1 aliphatic heterocycles. The van der Waals surface area contributed by atoms with E-state index in [1.165, 1.54) is 10.9 Å². The summed E-state index contributed by atoms with van der Waals surface area (Å²) >= 11 is 0. The number of fused-ring (bicyclic) bond motifs is 1. The van der Waals surface area contributed by atoms with Gasteiger partial charge < -0.3 is 10.2 Å². The minimum absolute atomic E-state index is 0.0468. The highest BCUT2D eigenvalue weighted by Crippen LogP contribution is 2.27. The monoisotopic (exact) mass is 456 g/mol. The van der Waals surface area contributed by atoms with Crippen LogP contribution in [0.25, 0.3) is 10.9 Å². The predicted molar refractivity (Wildman–Crippen MR) is 131 cm³/mol. The molecule has 174 valence electrons. The van der Waals surface area contributed by atoms with Crippen LogP contribution in [0.1, 0.15) is 45.7 Å². The van der Waals surface area contributed by atoms with Gasteiger partial charge in [0.1, 0.15) is 0 Å². The Morgan fingerprint density at radius 3 is 2.82 bits per heavy atom. The number of aryl methyl sites for hydroxylation is 1. The number of carbonyl (C=O) groups is 2. The maximum atomic E-state index is 13.4. The van der Waals surface area contributed by atoms with Crippen molar-refractivity contribution < 1.29 is 9.59 Å². The molecule has 2 N–H and O–H groups in total. The first kappa shape index (κ1) is 21.9. The number of para-hydroxylation sites is 1. The molecular weight excluding hydrogens is 428 g/mol. The van der Waals surface area contributed by atoms with Crippen molar-refractivity contribution >= 4 is 28.4 Å². The highest BCUT2D eigenvalue weighted by Gasteiger charge is 2.24.